The fraction of sp³-hybridized carbons (Fsp3) is 0.188. The molecule has 0 aliphatic rings. The Morgan fingerprint density at radius 3 is 2.50 bits per heavy atom. The van der Waals surface area contributed by atoms with Crippen molar-refractivity contribution >= 4 is 11.6 Å². The van der Waals surface area contributed by atoms with Crippen molar-refractivity contribution in [2.24, 2.45) is 5.73 Å². The van der Waals surface area contributed by atoms with Crippen LogP contribution >= 0.6 is 0 Å². The molecule has 0 aromatic heterocycles. The van der Waals surface area contributed by atoms with E-state index in [0.29, 0.717) is 18.7 Å². The van der Waals surface area contributed by atoms with Gasteiger partial charge in [0, 0.05) is 24.9 Å². The number of primary amides is 1. The van der Waals surface area contributed by atoms with Crippen LogP contribution in [0.1, 0.15) is 21.5 Å². The zero-order valence-electron chi connectivity index (χ0n) is 11.4. The molecule has 0 aliphatic heterocycles. The smallest absolute Gasteiger partial charge is 0.248 e. The minimum absolute atomic E-state index is 0.413. The van der Waals surface area contributed by atoms with Gasteiger partial charge in [-0.15, -0.1) is 0 Å². The Labute approximate surface area is 118 Å². The van der Waals surface area contributed by atoms with E-state index in [1.165, 1.54) is 5.56 Å². The highest BCUT2D eigenvalue weighted by molar-refractivity contribution is 5.93. The minimum Gasteiger partial charge on any atom is -0.381 e. The molecule has 0 radical (unpaired) electrons. The predicted octanol–water partition coefficient (Wildman–Crippen LogP) is 2.54. The maximum absolute atomic E-state index is 11.0. The zero-order valence-corrected chi connectivity index (χ0v) is 11.4. The highest BCUT2D eigenvalue weighted by Gasteiger charge is 2.00. The first-order valence-electron chi connectivity index (χ1n) is 6.39. The van der Waals surface area contributed by atoms with Crippen molar-refractivity contribution in [3.63, 3.8) is 0 Å². The molecule has 0 heterocycles. The number of nitrogens with two attached hydrogens (primary N) is 1. The summed E-state index contributed by atoms with van der Waals surface area (Å²) in [6, 6.07) is 15.3. The number of hydrogen-bond acceptors (Lipinski definition) is 3. The standard InChI is InChI=1S/C16H18N2O2/c1-20-11-13-4-2-3-12(9-13)10-18-15-7-5-14(6-8-15)16(17)19/h2-9,18H,10-11H2,1H3,(H2,17,19). The molecular weight excluding hydrogens is 252 g/mol. The lowest BCUT2D eigenvalue weighted by atomic mass is 10.1. The van der Waals surface area contributed by atoms with Crippen LogP contribution in [0.5, 0.6) is 0 Å². The first-order valence-corrected chi connectivity index (χ1v) is 6.39. The van der Waals surface area contributed by atoms with Gasteiger partial charge in [-0.2, -0.15) is 0 Å². The third-order valence-electron chi connectivity index (χ3n) is 2.97. The van der Waals surface area contributed by atoms with Crippen LogP contribution in [0.25, 0.3) is 0 Å². The lowest BCUT2D eigenvalue weighted by Gasteiger charge is -2.08. The van der Waals surface area contributed by atoms with Gasteiger partial charge in [-0.25, -0.2) is 0 Å². The number of amides is 1. The first kappa shape index (κ1) is 14.1. The molecule has 1 amide bonds. The van der Waals surface area contributed by atoms with Crippen LogP contribution in [0.15, 0.2) is 48.5 Å². The van der Waals surface area contributed by atoms with Gasteiger partial charge in [0.1, 0.15) is 0 Å². The number of nitrogens with one attached hydrogen (secondary N) is 1. The normalized spacial score (nSPS) is 10.2. The molecule has 0 saturated heterocycles. The maximum atomic E-state index is 11.0. The van der Waals surface area contributed by atoms with E-state index in [1.54, 1.807) is 19.2 Å². The molecule has 2 aromatic carbocycles. The molecule has 2 rings (SSSR count). The Hall–Kier alpha value is -2.33. The summed E-state index contributed by atoms with van der Waals surface area (Å²) in [5.74, 6) is -0.413. The van der Waals surface area contributed by atoms with Crippen LogP contribution in [-0.2, 0) is 17.9 Å². The van der Waals surface area contributed by atoms with Gasteiger partial charge in [-0.05, 0) is 35.4 Å². The summed E-state index contributed by atoms with van der Waals surface area (Å²) in [6.45, 7) is 1.33. The van der Waals surface area contributed by atoms with E-state index in [1.807, 2.05) is 24.3 Å². The second kappa shape index (κ2) is 6.73. The average molecular weight is 270 g/mol. The lowest BCUT2D eigenvalue weighted by molar-refractivity contribution is 0.100. The Bertz CT molecular complexity index is 579. The molecule has 0 aliphatic carbocycles. The van der Waals surface area contributed by atoms with Gasteiger partial charge in [0.2, 0.25) is 5.91 Å². The number of rotatable bonds is 6. The van der Waals surface area contributed by atoms with Crippen LogP contribution < -0.4 is 11.1 Å². The number of carbonyl (C=O) groups is 1. The van der Waals surface area contributed by atoms with Crippen molar-refractivity contribution in [1.29, 1.82) is 0 Å². The predicted molar refractivity (Wildman–Crippen MR) is 79.4 cm³/mol. The Morgan fingerprint density at radius 2 is 1.85 bits per heavy atom. The average Bonchev–Trinajstić information content (AvgIpc) is 2.46. The zero-order chi connectivity index (χ0) is 14.4. The van der Waals surface area contributed by atoms with E-state index in [-0.39, 0.29) is 0 Å². The maximum Gasteiger partial charge on any atom is 0.248 e. The third-order valence-corrected chi connectivity index (χ3v) is 2.97. The summed E-state index contributed by atoms with van der Waals surface area (Å²) in [4.78, 5) is 11.0. The summed E-state index contributed by atoms with van der Waals surface area (Å²) in [5.41, 5.74) is 8.99. The van der Waals surface area contributed by atoms with Gasteiger partial charge in [0.25, 0.3) is 0 Å². The highest BCUT2D eigenvalue weighted by Crippen LogP contribution is 2.12. The molecular formula is C16H18N2O2. The highest BCUT2D eigenvalue weighted by atomic mass is 16.5. The molecule has 2 aromatic rings. The van der Waals surface area contributed by atoms with Crippen LogP contribution in [0.4, 0.5) is 5.69 Å². The fourth-order valence-electron chi connectivity index (χ4n) is 1.95. The van der Waals surface area contributed by atoms with Gasteiger partial charge < -0.3 is 15.8 Å². The van der Waals surface area contributed by atoms with Crippen LogP contribution in [-0.4, -0.2) is 13.0 Å². The van der Waals surface area contributed by atoms with Crippen LogP contribution in [0.3, 0.4) is 0 Å². The molecule has 104 valence electrons. The van der Waals surface area contributed by atoms with Crippen molar-refractivity contribution in [3.8, 4) is 0 Å². The minimum atomic E-state index is -0.413. The SMILES string of the molecule is COCc1cccc(CNc2ccc(C(N)=O)cc2)c1. The quantitative estimate of drug-likeness (QED) is 0.847. The van der Waals surface area contributed by atoms with Crippen LogP contribution in [0, 0.1) is 0 Å². The van der Waals surface area contributed by atoms with Crippen LogP contribution in [0.2, 0.25) is 0 Å². The molecule has 0 fully saturated rings. The van der Waals surface area contributed by atoms with Crippen molar-refractivity contribution < 1.29 is 9.53 Å². The molecule has 0 unspecified atom stereocenters. The molecule has 0 bridgehead atoms. The molecule has 0 atom stereocenters. The van der Waals surface area contributed by atoms with Gasteiger partial charge in [0.05, 0.1) is 6.61 Å². The van der Waals surface area contributed by atoms with Gasteiger partial charge >= 0.3 is 0 Å². The molecule has 4 nitrogen and oxygen atoms in total. The van der Waals surface area contributed by atoms with Gasteiger partial charge in [-0.1, -0.05) is 24.3 Å². The van der Waals surface area contributed by atoms with E-state index in [4.69, 9.17) is 10.5 Å². The first-order chi connectivity index (χ1) is 9.69. The third kappa shape index (κ3) is 3.83. The van der Waals surface area contributed by atoms with E-state index in [0.717, 1.165) is 11.3 Å². The van der Waals surface area contributed by atoms with E-state index < -0.39 is 5.91 Å². The molecule has 20 heavy (non-hydrogen) atoms. The van der Waals surface area contributed by atoms with E-state index >= 15 is 0 Å². The second-order valence-corrected chi connectivity index (χ2v) is 4.55. The number of methoxy groups -OCH3 is 1. The summed E-state index contributed by atoms with van der Waals surface area (Å²) < 4.78 is 5.12. The molecule has 4 heteroatoms. The van der Waals surface area contributed by atoms with Crippen molar-refractivity contribution in [1.82, 2.24) is 0 Å². The molecule has 3 N–H and O–H groups in total. The number of benzene rings is 2. The largest absolute Gasteiger partial charge is 0.381 e. The van der Waals surface area contributed by atoms with E-state index in [2.05, 4.69) is 17.4 Å². The lowest BCUT2D eigenvalue weighted by Crippen LogP contribution is -2.10. The van der Waals surface area contributed by atoms with Crippen molar-refractivity contribution in [2.45, 2.75) is 13.2 Å². The number of anilines is 1. The van der Waals surface area contributed by atoms with Crippen molar-refractivity contribution in [3.05, 3.63) is 65.2 Å². The number of carbonyl (C=O) groups excluding carboxylic acids is 1. The van der Waals surface area contributed by atoms with E-state index in [9.17, 15) is 4.79 Å². The summed E-state index contributed by atoms with van der Waals surface area (Å²) in [7, 11) is 1.69. The van der Waals surface area contributed by atoms with Crippen molar-refractivity contribution in [2.75, 3.05) is 12.4 Å². The Balaban J connectivity index is 1.97. The van der Waals surface area contributed by atoms with Gasteiger partial charge in [-0.3, -0.25) is 4.79 Å². The Morgan fingerprint density at radius 1 is 1.15 bits per heavy atom. The summed E-state index contributed by atoms with van der Waals surface area (Å²) in [6.07, 6.45) is 0. The topological polar surface area (TPSA) is 64.3 Å². The number of hydrogen-bond donors (Lipinski definition) is 2. The Kier molecular flexibility index (Phi) is 4.74. The van der Waals surface area contributed by atoms with Gasteiger partial charge in [0.15, 0.2) is 0 Å². The molecule has 0 spiro atoms. The summed E-state index contributed by atoms with van der Waals surface area (Å²) >= 11 is 0. The summed E-state index contributed by atoms with van der Waals surface area (Å²) in [5, 5.41) is 3.30. The molecule has 0 saturated carbocycles. The number of ether oxygens (including phenoxy) is 1. The monoisotopic (exact) mass is 270 g/mol. The fourth-order valence-corrected chi connectivity index (χ4v) is 1.95. The second-order valence-electron chi connectivity index (χ2n) is 4.55.